The zero-order valence-corrected chi connectivity index (χ0v) is 15.2. The number of hydrogen-bond acceptors (Lipinski definition) is 5. The number of carbonyl (C=O) groups is 1. The maximum absolute atomic E-state index is 12.2. The molecular weight excluding hydrogens is 332 g/mol. The Labute approximate surface area is 154 Å². The minimum absolute atomic E-state index is 0.197. The van der Waals surface area contributed by atoms with Crippen LogP contribution in [0, 0.1) is 0 Å². The molecule has 26 heavy (non-hydrogen) atoms. The van der Waals surface area contributed by atoms with Gasteiger partial charge in [0.25, 0.3) is 5.91 Å². The van der Waals surface area contributed by atoms with Crippen molar-refractivity contribution in [1.29, 1.82) is 0 Å². The molecule has 1 aliphatic heterocycles. The summed E-state index contributed by atoms with van der Waals surface area (Å²) in [5.41, 5.74) is 1.27. The van der Waals surface area contributed by atoms with Crippen molar-refractivity contribution < 1.29 is 18.7 Å². The molecule has 1 N–H and O–H groups in total. The van der Waals surface area contributed by atoms with Crippen LogP contribution >= 0.6 is 0 Å². The first-order valence-corrected chi connectivity index (χ1v) is 9.13. The highest BCUT2D eigenvalue weighted by Crippen LogP contribution is 2.16. The average molecular weight is 358 g/mol. The van der Waals surface area contributed by atoms with E-state index in [9.17, 15) is 4.79 Å². The molecule has 2 heterocycles. The van der Waals surface area contributed by atoms with Crippen LogP contribution in [0.1, 0.15) is 28.8 Å². The van der Waals surface area contributed by atoms with Gasteiger partial charge in [-0.3, -0.25) is 9.69 Å². The normalized spacial score (nSPS) is 15.0. The lowest BCUT2D eigenvalue weighted by atomic mass is 10.2. The minimum atomic E-state index is -0.197. The average Bonchev–Trinajstić information content (AvgIpc) is 3.17. The van der Waals surface area contributed by atoms with Gasteiger partial charge in [0.2, 0.25) is 0 Å². The molecule has 1 saturated heterocycles. The molecule has 0 unspecified atom stereocenters. The Morgan fingerprint density at radius 1 is 1.15 bits per heavy atom. The topological polar surface area (TPSA) is 63.9 Å². The second kappa shape index (κ2) is 9.40. The van der Waals surface area contributed by atoms with E-state index in [0.29, 0.717) is 24.7 Å². The van der Waals surface area contributed by atoms with Crippen molar-refractivity contribution in [3.05, 3.63) is 53.5 Å². The summed E-state index contributed by atoms with van der Waals surface area (Å²) < 4.78 is 16.6. The molecule has 1 fully saturated rings. The number of hydrogen-bond donors (Lipinski definition) is 1. The van der Waals surface area contributed by atoms with Crippen molar-refractivity contribution in [3.8, 4) is 5.75 Å². The summed E-state index contributed by atoms with van der Waals surface area (Å²) in [7, 11) is 0. The van der Waals surface area contributed by atoms with Crippen molar-refractivity contribution in [3.63, 3.8) is 0 Å². The summed E-state index contributed by atoms with van der Waals surface area (Å²) in [6.07, 6.45) is 1.00. The van der Waals surface area contributed by atoms with Gasteiger partial charge >= 0.3 is 0 Å². The van der Waals surface area contributed by atoms with Crippen LogP contribution in [0.2, 0.25) is 0 Å². The fourth-order valence-electron chi connectivity index (χ4n) is 2.79. The molecule has 1 amide bonds. The van der Waals surface area contributed by atoms with E-state index in [1.165, 1.54) is 5.56 Å². The van der Waals surface area contributed by atoms with Gasteiger partial charge < -0.3 is 19.2 Å². The predicted molar refractivity (Wildman–Crippen MR) is 98.5 cm³/mol. The lowest BCUT2D eigenvalue weighted by Crippen LogP contribution is -2.41. The third-order valence-electron chi connectivity index (χ3n) is 4.42. The largest absolute Gasteiger partial charge is 0.486 e. The molecule has 0 aliphatic carbocycles. The van der Waals surface area contributed by atoms with Gasteiger partial charge in [0, 0.05) is 26.2 Å². The van der Waals surface area contributed by atoms with Crippen LogP contribution in [0.3, 0.4) is 0 Å². The molecule has 2 aromatic rings. The molecule has 6 heteroatoms. The highest BCUT2D eigenvalue weighted by atomic mass is 16.5. The zero-order valence-electron chi connectivity index (χ0n) is 15.2. The number of ether oxygens (including phenoxy) is 2. The van der Waals surface area contributed by atoms with E-state index in [2.05, 4.69) is 17.1 Å². The molecule has 0 atom stereocenters. The van der Waals surface area contributed by atoms with E-state index >= 15 is 0 Å². The van der Waals surface area contributed by atoms with Gasteiger partial charge in [-0.05, 0) is 36.2 Å². The van der Waals surface area contributed by atoms with Crippen LogP contribution in [0.15, 0.2) is 40.8 Å². The fraction of sp³-hybridized carbons (Fsp3) is 0.450. The van der Waals surface area contributed by atoms with Crippen LogP contribution in [0.4, 0.5) is 0 Å². The number of rotatable bonds is 8. The molecule has 1 aliphatic rings. The summed E-state index contributed by atoms with van der Waals surface area (Å²) >= 11 is 0. The predicted octanol–water partition coefficient (Wildman–Crippen LogP) is 2.48. The summed E-state index contributed by atoms with van der Waals surface area (Å²) in [6.45, 7) is 7.18. The first kappa shape index (κ1) is 18.5. The standard InChI is InChI=1S/C20H26N2O4/c1-2-16-3-5-17(6-4-16)25-15-18-7-8-19(26-18)20(23)21-9-10-22-11-13-24-14-12-22/h3-8H,2,9-15H2,1H3,(H,21,23). The molecule has 6 nitrogen and oxygen atoms in total. The van der Waals surface area contributed by atoms with Crippen LogP contribution in [0.5, 0.6) is 5.75 Å². The summed E-state index contributed by atoms with van der Waals surface area (Å²) in [5, 5.41) is 2.89. The number of morpholine rings is 1. The van der Waals surface area contributed by atoms with Gasteiger partial charge in [0.15, 0.2) is 5.76 Å². The van der Waals surface area contributed by atoms with Gasteiger partial charge in [0.1, 0.15) is 18.1 Å². The Hall–Kier alpha value is -2.31. The molecule has 0 spiro atoms. The fourth-order valence-corrected chi connectivity index (χ4v) is 2.79. The minimum Gasteiger partial charge on any atom is -0.486 e. The van der Waals surface area contributed by atoms with E-state index in [1.807, 2.05) is 24.3 Å². The van der Waals surface area contributed by atoms with Crippen LogP contribution in [-0.2, 0) is 17.8 Å². The molecule has 0 saturated carbocycles. The highest BCUT2D eigenvalue weighted by Gasteiger charge is 2.13. The second-order valence-electron chi connectivity index (χ2n) is 6.26. The van der Waals surface area contributed by atoms with Crippen LogP contribution < -0.4 is 10.1 Å². The third-order valence-corrected chi connectivity index (χ3v) is 4.42. The van der Waals surface area contributed by atoms with Gasteiger partial charge in [-0.1, -0.05) is 19.1 Å². The van der Waals surface area contributed by atoms with Crippen molar-refractivity contribution in [2.45, 2.75) is 20.0 Å². The summed E-state index contributed by atoms with van der Waals surface area (Å²) in [5.74, 6) is 1.53. The van der Waals surface area contributed by atoms with Gasteiger partial charge in [-0.15, -0.1) is 0 Å². The van der Waals surface area contributed by atoms with Crippen molar-refractivity contribution in [1.82, 2.24) is 10.2 Å². The molecular formula is C20H26N2O4. The van der Waals surface area contributed by atoms with E-state index in [-0.39, 0.29) is 5.91 Å². The SMILES string of the molecule is CCc1ccc(OCc2ccc(C(=O)NCCN3CCOCC3)o2)cc1. The van der Waals surface area contributed by atoms with Gasteiger partial charge in [-0.2, -0.15) is 0 Å². The highest BCUT2D eigenvalue weighted by molar-refractivity contribution is 5.91. The van der Waals surface area contributed by atoms with E-state index < -0.39 is 0 Å². The molecule has 0 bridgehead atoms. The Morgan fingerprint density at radius 3 is 2.65 bits per heavy atom. The maximum atomic E-state index is 12.2. The van der Waals surface area contributed by atoms with E-state index in [4.69, 9.17) is 13.9 Å². The van der Waals surface area contributed by atoms with Crippen LogP contribution in [-0.4, -0.2) is 50.2 Å². The number of carbonyl (C=O) groups excluding carboxylic acids is 1. The number of benzene rings is 1. The van der Waals surface area contributed by atoms with E-state index in [0.717, 1.165) is 45.0 Å². The number of furan rings is 1. The summed E-state index contributed by atoms with van der Waals surface area (Å²) in [4.78, 5) is 14.4. The molecule has 1 aromatic carbocycles. The third kappa shape index (κ3) is 5.34. The zero-order chi connectivity index (χ0) is 18.2. The Kier molecular flexibility index (Phi) is 6.68. The molecule has 140 valence electrons. The Balaban J connectivity index is 1.41. The lowest BCUT2D eigenvalue weighted by Gasteiger charge is -2.26. The smallest absolute Gasteiger partial charge is 0.287 e. The van der Waals surface area contributed by atoms with Gasteiger partial charge in [0.05, 0.1) is 13.2 Å². The number of nitrogens with zero attached hydrogens (tertiary/aromatic N) is 1. The molecule has 0 radical (unpaired) electrons. The lowest BCUT2D eigenvalue weighted by molar-refractivity contribution is 0.0382. The molecule has 3 rings (SSSR count). The monoisotopic (exact) mass is 358 g/mol. The Morgan fingerprint density at radius 2 is 1.92 bits per heavy atom. The number of nitrogens with one attached hydrogen (secondary N) is 1. The molecule has 1 aromatic heterocycles. The first-order chi connectivity index (χ1) is 12.7. The van der Waals surface area contributed by atoms with Crippen molar-refractivity contribution in [2.24, 2.45) is 0 Å². The summed E-state index contributed by atoms with van der Waals surface area (Å²) in [6, 6.07) is 11.4. The Bertz CT molecular complexity index is 690. The second-order valence-corrected chi connectivity index (χ2v) is 6.26. The van der Waals surface area contributed by atoms with Crippen molar-refractivity contribution >= 4 is 5.91 Å². The van der Waals surface area contributed by atoms with Crippen molar-refractivity contribution in [2.75, 3.05) is 39.4 Å². The van der Waals surface area contributed by atoms with E-state index in [1.54, 1.807) is 12.1 Å². The number of aryl methyl sites for hydroxylation is 1. The maximum Gasteiger partial charge on any atom is 0.287 e. The van der Waals surface area contributed by atoms with Crippen LogP contribution in [0.25, 0.3) is 0 Å². The van der Waals surface area contributed by atoms with Gasteiger partial charge in [-0.25, -0.2) is 0 Å². The number of amides is 1. The first-order valence-electron chi connectivity index (χ1n) is 9.13. The quantitative estimate of drug-likeness (QED) is 0.785.